The van der Waals surface area contributed by atoms with Gasteiger partial charge < -0.3 is 19.3 Å². The van der Waals surface area contributed by atoms with Crippen LogP contribution < -0.4 is 19.5 Å². The third kappa shape index (κ3) is 4.06. The van der Waals surface area contributed by atoms with Crippen LogP contribution in [0.4, 0.5) is 0 Å². The Kier molecular flexibility index (Phi) is 5.76. The first kappa shape index (κ1) is 20.8. The predicted octanol–water partition coefficient (Wildman–Crippen LogP) is 5.50. The van der Waals surface area contributed by atoms with Crippen molar-refractivity contribution < 1.29 is 19.3 Å². The van der Waals surface area contributed by atoms with Gasteiger partial charge in [0, 0.05) is 28.2 Å². The molecule has 0 radical (unpaired) electrons. The maximum Gasteiger partial charge on any atom is 0.231 e. The number of benzene rings is 3. The summed E-state index contributed by atoms with van der Waals surface area (Å²) in [6, 6.07) is 19.4. The summed E-state index contributed by atoms with van der Waals surface area (Å²) in [6.07, 6.45) is 0.341. The van der Waals surface area contributed by atoms with Gasteiger partial charge in [0.25, 0.3) is 0 Å². The van der Waals surface area contributed by atoms with Crippen molar-refractivity contribution >= 4 is 21.6 Å². The molecule has 0 saturated heterocycles. The number of aromatic hydroxyl groups is 1. The zero-order valence-electron chi connectivity index (χ0n) is 17.5. The molecule has 0 aliphatic carbocycles. The quantitative estimate of drug-likeness (QED) is 0.489. The number of fused-ring (bicyclic) bond motifs is 1. The van der Waals surface area contributed by atoms with Crippen molar-refractivity contribution in [3.05, 3.63) is 81.8 Å². The number of halogens is 1. The first-order valence-corrected chi connectivity index (χ1v) is 11.3. The fraction of sp³-hybridized carbons (Fsp3) is 0.240. The van der Waals surface area contributed by atoms with E-state index in [0.29, 0.717) is 18.8 Å². The Hall–Kier alpha value is -3.03. The summed E-state index contributed by atoms with van der Waals surface area (Å²) in [7, 11) is 0. The molecule has 0 amide bonds. The van der Waals surface area contributed by atoms with Crippen LogP contribution in [0.3, 0.4) is 0 Å². The van der Waals surface area contributed by atoms with E-state index in [1.165, 1.54) is 0 Å². The molecule has 0 saturated carbocycles. The fourth-order valence-electron chi connectivity index (χ4n) is 4.07. The molecule has 2 atom stereocenters. The predicted molar refractivity (Wildman–Crippen MR) is 126 cm³/mol. The van der Waals surface area contributed by atoms with Crippen LogP contribution in [0.15, 0.2) is 70.1 Å². The Bertz CT molecular complexity index is 1160. The van der Waals surface area contributed by atoms with Gasteiger partial charge in [-0.2, -0.15) is 0 Å². The van der Waals surface area contributed by atoms with Gasteiger partial charge in [-0.1, -0.05) is 40.2 Å². The van der Waals surface area contributed by atoms with Gasteiger partial charge in [-0.3, -0.25) is 10.3 Å². The molecule has 6 nitrogen and oxygen atoms in total. The van der Waals surface area contributed by atoms with Gasteiger partial charge in [0.05, 0.1) is 6.61 Å². The number of phenols is 1. The van der Waals surface area contributed by atoms with Gasteiger partial charge in [-0.25, -0.2) is 0 Å². The monoisotopic (exact) mass is 494 g/mol. The largest absolute Gasteiger partial charge is 0.504 e. The molecule has 2 aliphatic heterocycles. The van der Waals surface area contributed by atoms with Crippen molar-refractivity contribution in [2.24, 2.45) is 4.99 Å². The SMILES string of the molecule is CCOc1cccc([C@H]2CC(c3ccc4c(c3)OCO4)=N[C@H](c3ccc(Br)cc3)N2)c1O. The second kappa shape index (κ2) is 8.84. The molecule has 2 aliphatic rings. The van der Waals surface area contributed by atoms with Crippen LogP contribution in [0, 0.1) is 0 Å². The molecule has 7 heteroatoms. The van der Waals surface area contributed by atoms with Crippen molar-refractivity contribution in [2.45, 2.75) is 25.6 Å². The Morgan fingerprint density at radius 2 is 1.91 bits per heavy atom. The summed E-state index contributed by atoms with van der Waals surface area (Å²) in [4.78, 5) is 5.02. The number of rotatable bonds is 5. The maximum absolute atomic E-state index is 10.9. The third-order valence-electron chi connectivity index (χ3n) is 5.64. The summed E-state index contributed by atoms with van der Waals surface area (Å²) in [5, 5.41) is 14.5. The van der Waals surface area contributed by atoms with Crippen molar-refractivity contribution in [3.8, 4) is 23.0 Å². The number of hydrogen-bond donors (Lipinski definition) is 2. The van der Waals surface area contributed by atoms with Gasteiger partial charge in [-0.05, 0) is 54.4 Å². The molecule has 2 heterocycles. The van der Waals surface area contributed by atoms with E-state index in [1.54, 1.807) is 6.07 Å². The lowest BCUT2D eigenvalue weighted by molar-refractivity contribution is 0.174. The summed E-state index contributed by atoms with van der Waals surface area (Å²) in [6.45, 7) is 2.62. The van der Waals surface area contributed by atoms with Gasteiger partial charge in [0.1, 0.15) is 6.17 Å². The molecule has 5 rings (SSSR count). The third-order valence-corrected chi connectivity index (χ3v) is 6.17. The van der Waals surface area contributed by atoms with Crippen molar-refractivity contribution in [1.29, 1.82) is 0 Å². The molecular weight excluding hydrogens is 472 g/mol. The van der Waals surface area contributed by atoms with E-state index in [4.69, 9.17) is 19.2 Å². The molecular formula is C25H23BrN2O4. The molecule has 0 unspecified atom stereocenters. The number of nitrogens with zero attached hydrogens (tertiary/aromatic N) is 1. The molecule has 0 bridgehead atoms. The topological polar surface area (TPSA) is 72.3 Å². The lowest BCUT2D eigenvalue weighted by Crippen LogP contribution is -2.33. The molecule has 3 aromatic carbocycles. The van der Waals surface area contributed by atoms with E-state index in [1.807, 2.05) is 61.5 Å². The van der Waals surface area contributed by atoms with Crippen LogP contribution in [0.2, 0.25) is 0 Å². The minimum absolute atomic E-state index is 0.151. The number of para-hydroxylation sites is 1. The van der Waals surface area contributed by atoms with Gasteiger partial charge in [0.15, 0.2) is 23.0 Å². The summed E-state index contributed by atoms with van der Waals surface area (Å²) in [5.74, 6) is 2.11. The van der Waals surface area contributed by atoms with E-state index >= 15 is 0 Å². The van der Waals surface area contributed by atoms with E-state index in [0.717, 1.165) is 38.4 Å². The highest BCUT2D eigenvalue weighted by Gasteiger charge is 2.29. The first-order valence-electron chi connectivity index (χ1n) is 10.5. The molecule has 0 aromatic heterocycles. The van der Waals surface area contributed by atoms with Crippen LogP contribution in [-0.4, -0.2) is 24.2 Å². The highest BCUT2D eigenvalue weighted by molar-refractivity contribution is 9.10. The van der Waals surface area contributed by atoms with Crippen LogP contribution >= 0.6 is 15.9 Å². The summed E-state index contributed by atoms with van der Waals surface area (Å²) < 4.78 is 17.7. The van der Waals surface area contributed by atoms with Gasteiger partial charge >= 0.3 is 0 Å². The zero-order valence-corrected chi connectivity index (χ0v) is 19.1. The lowest BCUT2D eigenvalue weighted by Gasteiger charge is -2.31. The number of phenolic OH excluding ortho intramolecular Hbond substituents is 1. The second-order valence-electron chi connectivity index (χ2n) is 7.65. The molecule has 32 heavy (non-hydrogen) atoms. The Morgan fingerprint density at radius 1 is 1.09 bits per heavy atom. The molecule has 3 aromatic rings. The average molecular weight is 495 g/mol. The standard InChI is InChI=1S/C25H23BrN2O4/c1-2-30-22-5-3-4-18(24(22)29)20-13-19(16-8-11-21-23(12-16)32-14-31-21)27-25(28-20)15-6-9-17(26)10-7-15/h3-12,20,25,28-29H,2,13-14H2,1H3/t20-,25+/m1/s1. The van der Waals surface area contributed by atoms with Crippen LogP contribution in [0.1, 0.15) is 42.2 Å². The highest BCUT2D eigenvalue weighted by Crippen LogP contribution is 2.40. The Labute approximate surface area is 195 Å². The fourth-order valence-corrected chi connectivity index (χ4v) is 4.33. The van der Waals surface area contributed by atoms with Gasteiger partial charge in [-0.15, -0.1) is 0 Å². The summed E-state index contributed by atoms with van der Waals surface area (Å²) in [5.41, 5.74) is 3.73. The van der Waals surface area contributed by atoms with Crippen molar-refractivity contribution in [3.63, 3.8) is 0 Å². The summed E-state index contributed by atoms with van der Waals surface area (Å²) >= 11 is 3.50. The Balaban J connectivity index is 1.55. The van der Waals surface area contributed by atoms with Crippen LogP contribution in [0.5, 0.6) is 23.0 Å². The maximum atomic E-state index is 10.9. The Morgan fingerprint density at radius 3 is 2.72 bits per heavy atom. The molecule has 164 valence electrons. The lowest BCUT2D eigenvalue weighted by atomic mass is 9.93. The van der Waals surface area contributed by atoms with Crippen molar-refractivity contribution in [1.82, 2.24) is 5.32 Å². The number of hydrogen-bond acceptors (Lipinski definition) is 6. The normalized spacial score (nSPS) is 19.5. The van der Waals surface area contributed by atoms with Crippen LogP contribution in [0.25, 0.3) is 0 Å². The van der Waals surface area contributed by atoms with Crippen molar-refractivity contribution in [2.75, 3.05) is 13.4 Å². The molecule has 0 fully saturated rings. The minimum Gasteiger partial charge on any atom is -0.504 e. The minimum atomic E-state index is -0.266. The first-order chi connectivity index (χ1) is 15.6. The molecule has 2 N–H and O–H groups in total. The zero-order chi connectivity index (χ0) is 22.1. The van der Waals surface area contributed by atoms with E-state index < -0.39 is 0 Å². The van der Waals surface area contributed by atoms with E-state index in [9.17, 15) is 5.11 Å². The van der Waals surface area contributed by atoms with E-state index in [2.05, 4.69) is 21.2 Å². The highest BCUT2D eigenvalue weighted by atomic mass is 79.9. The number of aliphatic imine (C=N–C) groups is 1. The molecule has 0 spiro atoms. The number of nitrogens with one attached hydrogen (secondary N) is 1. The smallest absolute Gasteiger partial charge is 0.231 e. The van der Waals surface area contributed by atoms with Crippen LogP contribution in [-0.2, 0) is 0 Å². The van der Waals surface area contributed by atoms with Gasteiger partial charge in [0.2, 0.25) is 6.79 Å². The number of ether oxygens (including phenoxy) is 3. The second-order valence-corrected chi connectivity index (χ2v) is 8.56. The van der Waals surface area contributed by atoms with E-state index in [-0.39, 0.29) is 24.8 Å². The average Bonchev–Trinajstić information content (AvgIpc) is 3.29.